The number of fused-ring (bicyclic) bond motifs is 1. The van der Waals surface area contributed by atoms with E-state index in [1.165, 1.54) is 6.42 Å². The molecule has 2 aliphatic carbocycles. The molecule has 11 heavy (non-hydrogen) atoms. The Bertz CT molecular complexity index is 217. The van der Waals surface area contributed by atoms with Gasteiger partial charge in [-0.05, 0) is 26.3 Å². The fraction of sp³-hybridized carbons (Fsp3) is 0.600. The van der Waals surface area contributed by atoms with E-state index in [9.17, 15) is 0 Å². The summed E-state index contributed by atoms with van der Waals surface area (Å²) < 4.78 is 0. The van der Waals surface area contributed by atoms with E-state index in [2.05, 4.69) is 36.5 Å². The molecule has 2 unspecified atom stereocenters. The number of allylic oxidation sites excluding steroid dienone is 3. The zero-order valence-electron chi connectivity index (χ0n) is 7.17. The van der Waals surface area contributed by atoms with E-state index in [0.29, 0.717) is 11.5 Å². The van der Waals surface area contributed by atoms with Crippen LogP contribution < -0.4 is 5.32 Å². The summed E-state index contributed by atoms with van der Waals surface area (Å²) in [4.78, 5) is 0. The molecular formula is C10H15N. The molecule has 2 aliphatic rings. The zero-order valence-corrected chi connectivity index (χ0v) is 7.17. The molecule has 0 saturated heterocycles. The second kappa shape index (κ2) is 2.21. The zero-order chi connectivity index (χ0) is 7.90. The number of nitrogens with one attached hydrogen (secondary N) is 1. The van der Waals surface area contributed by atoms with Crippen molar-refractivity contribution < 1.29 is 0 Å². The molecule has 0 radical (unpaired) electrons. The Morgan fingerprint density at radius 1 is 1.55 bits per heavy atom. The van der Waals surface area contributed by atoms with Crippen LogP contribution in [0.5, 0.6) is 0 Å². The van der Waals surface area contributed by atoms with Crippen molar-refractivity contribution >= 4 is 0 Å². The van der Waals surface area contributed by atoms with Crippen molar-refractivity contribution in [3.8, 4) is 0 Å². The van der Waals surface area contributed by atoms with Crippen LogP contribution in [0.25, 0.3) is 0 Å². The predicted octanol–water partition coefficient (Wildman–Crippen LogP) is 1.73. The molecule has 1 saturated carbocycles. The first-order valence-electron chi connectivity index (χ1n) is 4.33. The van der Waals surface area contributed by atoms with Gasteiger partial charge in [-0.1, -0.05) is 24.3 Å². The third kappa shape index (κ3) is 0.875. The average molecular weight is 149 g/mol. The first-order chi connectivity index (χ1) is 5.29. The Kier molecular flexibility index (Phi) is 1.43. The topological polar surface area (TPSA) is 12.0 Å². The Balaban J connectivity index is 2.16. The molecule has 1 N–H and O–H groups in total. The van der Waals surface area contributed by atoms with Crippen LogP contribution in [0.2, 0.25) is 0 Å². The fourth-order valence-electron chi connectivity index (χ4n) is 2.10. The Morgan fingerprint density at radius 3 is 3.00 bits per heavy atom. The maximum absolute atomic E-state index is 3.33. The van der Waals surface area contributed by atoms with E-state index in [4.69, 9.17) is 0 Å². The minimum Gasteiger partial charge on any atom is -0.316 e. The summed E-state index contributed by atoms with van der Waals surface area (Å²) in [6.45, 7) is 2.27. The smallest absolute Gasteiger partial charge is 0.0133 e. The van der Waals surface area contributed by atoms with Gasteiger partial charge in [-0.2, -0.15) is 0 Å². The van der Waals surface area contributed by atoms with Gasteiger partial charge >= 0.3 is 0 Å². The van der Waals surface area contributed by atoms with Gasteiger partial charge in [0.25, 0.3) is 0 Å². The quantitative estimate of drug-likeness (QED) is 0.630. The summed E-state index contributed by atoms with van der Waals surface area (Å²) in [5.74, 6) is 0.815. The van der Waals surface area contributed by atoms with E-state index in [1.807, 2.05) is 7.05 Å². The number of hydrogen-bond donors (Lipinski definition) is 1. The first-order valence-corrected chi connectivity index (χ1v) is 4.33. The highest BCUT2D eigenvalue weighted by atomic mass is 14.9. The molecule has 0 aromatic carbocycles. The molecule has 0 bridgehead atoms. The average Bonchev–Trinajstić information content (AvgIpc) is 2.78. The Labute approximate surface area is 68.2 Å². The molecule has 0 aromatic heterocycles. The van der Waals surface area contributed by atoms with Gasteiger partial charge in [-0.3, -0.25) is 0 Å². The molecule has 60 valence electrons. The summed E-state index contributed by atoms with van der Waals surface area (Å²) in [6.07, 6.45) is 10.4. The molecule has 2 rings (SSSR count). The standard InChI is InChI=1S/C10H15N/c1-8(11-2)10-6-4-3-5-9(10)7-10/h3-6,8-9,11H,7H2,1-2H3/t8-,9?,10?/m1/s1. The fourth-order valence-corrected chi connectivity index (χ4v) is 2.10. The highest BCUT2D eigenvalue weighted by Crippen LogP contribution is 2.58. The van der Waals surface area contributed by atoms with Gasteiger partial charge in [-0.15, -0.1) is 0 Å². The minimum atomic E-state index is 0.476. The summed E-state index contributed by atoms with van der Waals surface area (Å²) >= 11 is 0. The molecule has 0 aromatic rings. The summed E-state index contributed by atoms with van der Waals surface area (Å²) in [7, 11) is 2.04. The van der Waals surface area contributed by atoms with Crippen LogP contribution in [0.15, 0.2) is 24.3 Å². The molecular weight excluding hydrogens is 134 g/mol. The van der Waals surface area contributed by atoms with Crippen LogP contribution in [0.1, 0.15) is 13.3 Å². The molecule has 1 nitrogen and oxygen atoms in total. The van der Waals surface area contributed by atoms with Gasteiger partial charge in [0.05, 0.1) is 0 Å². The lowest BCUT2D eigenvalue weighted by molar-refractivity contribution is 0.430. The van der Waals surface area contributed by atoms with E-state index in [-0.39, 0.29) is 0 Å². The minimum absolute atomic E-state index is 0.476. The van der Waals surface area contributed by atoms with Crippen molar-refractivity contribution in [1.82, 2.24) is 5.32 Å². The molecule has 3 atom stereocenters. The van der Waals surface area contributed by atoms with Crippen LogP contribution in [0, 0.1) is 11.3 Å². The summed E-state index contributed by atoms with van der Waals surface area (Å²) in [6, 6.07) is 0.619. The lowest BCUT2D eigenvalue weighted by Gasteiger charge is -2.21. The second-order valence-corrected chi connectivity index (χ2v) is 3.68. The van der Waals surface area contributed by atoms with Gasteiger partial charge in [0.15, 0.2) is 0 Å². The molecule has 0 spiro atoms. The van der Waals surface area contributed by atoms with Crippen molar-refractivity contribution in [1.29, 1.82) is 0 Å². The maximum Gasteiger partial charge on any atom is 0.0133 e. The predicted molar refractivity (Wildman–Crippen MR) is 47.3 cm³/mol. The monoisotopic (exact) mass is 149 g/mol. The van der Waals surface area contributed by atoms with Crippen LogP contribution in [0.3, 0.4) is 0 Å². The normalized spacial score (nSPS) is 41.8. The Morgan fingerprint density at radius 2 is 2.36 bits per heavy atom. The molecule has 0 heterocycles. The van der Waals surface area contributed by atoms with Crippen LogP contribution >= 0.6 is 0 Å². The highest BCUT2D eigenvalue weighted by Gasteiger charge is 2.54. The highest BCUT2D eigenvalue weighted by molar-refractivity contribution is 5.31. The van der Waals surface area contributed by atoms with Gasteiger partial charge < -0.3 is 5.32 Å². The van der Waals surface area contributed by atoms with Crippen molar-refractivity contribution in [2.24, 2.45) is 11.3 Å². The maximum atomic E-state index is 3.33. The van der Waals surface area contributed by atoms with Gasteiger partial charge in [0, 0.05) is 11.5 Å². The van der Waals surface area contributed by atoms with E-state index >= 15 is 0 Å². The second-order valence-electron chi connectivity index (χ2n) is 3.68. The van der Waals surface area contributed by atoms with Crippen LogP contribution in [-0.4, -0.2) is 13.1 Å². The lowest BCUT2D eigenvalue weighted by atomic mass is 9.92. The largest absolute Gasteiger partial charge is 0.316 e. The molecule has 0 aliphatic heterocycles. The van der Waals surface area contributed by atoms with Crippen LogP contribution in [0.4, 0.5) is 0 Å². The van der Waals surface area contributed by atoms with E-state index < -0.39 is 0 Å². The van der Waals surface area contributed by atoms with E-state index in [1.54, 1.807) is 0 Å². The lowest BCUT2D eigenvalue weighted by Crippen LogP contribution is -2.32. The van der Waals surface area contributed by atoms with Crippen molar-refractivity contribution in [3.05, 3.63) is 24.3 Å². The van der Waals surface area contributed by atoms with E-state index in [0.717, 1.165) is 5.92 Å². The van der Waals surface area contributed by atoms with Crippen molar-refractivity contribution in [2.45, 2.75) is 19.4 Å². The third-order valence-electron chi connectivity index (χ3n) is 3.20. The van der Waals surface area contributed by atoms with Crippen LogP contribution in [-0.2, 0) is 0 Å². The summed E-state index contributed by atoms with van der Waals surface area (Å²) in [5, 5.41) is 3.33. The van der Waals surface area contributed by atoms with Crippen molar-refractivity contribution in [2.75, 3.05) is 7.05 Å². The van der Waals surface area contributed by atoms with Crippen molar-refractivity contribution in [3.63, 3.8) is 0 Å². The summed E-state index contributed by atoms with van der Waals surface area (Å²) in [5.41, 5.74) is 0.476. The molecule has 1 heteroatoms. The number of rotatable bonds is 2. The van der Waals surface area contributed by atoms with Gasteiger partial charge in [0.1, 0.15) is 0 Å². The van der Waals surface area contributed by atoms with Gasteiger partial charge in [0.2, 0.25) is 0 Å². The molecule has 1 fully saturated rings. The SMILES string of the molecule is CN[C@H](C)C12C=CC=CC1C2. The first kappa shape index (κ1) is 7.11. The Hall–Kier alpha value is -0.560. The van der Waals surface area contributed by atoms with Gasteiger partial charge in [-0.25, -0.2) is 0 Å². The number of hydrogen-bond acceptors (Lipinski definition) is 1. The molecule has 0 amide bonds. The third-order valence-corrected chi connectivity index (χ3v) is 3.20.